The van der Waals surface area contributed by atoms with Crippen LogP contribution in [0.15, 0.2) is 0 Å². The second kappa shape index (κ2) is 3.69. The highest BCUT2D eigenvalue weighted by molar-refractivity contribution is 5.74. The molecule has 0 aromatic carbocycles. The molecule has 1 unspecified atom stereocenters. The van der Waals surface area contributed by atoms with E-state index in [0.29, 0.717) is 0 Å². The van der Waals surface area contributed by atoms with E-state index in [-0.39, 0.29) is 5.41 Å². The molecular formula is C7H15NO3. The first-order valence-electron chi connectivity index (χ1n) is 3.41. The number of hydrogen-bond acceptors (Lipinski definition) is 3. The van der Waals surface area contributed by atoms with Crippen LogP contribution in [0.3, 0.4) is 0 Å². The maximum atomic E-state index is 10.6. The summed E-state index contributed by atoms with van der Waals surface area (Å²) >= 11 is 0. The third-order valence-corrected chi connectivity index (χ3v) is 1.35. The van der Waals surface area contributed by atoms with E-state index in [1.165, 1.54) is 7.11 Å². The molecule has 0 bridgehead atoms. The van der Waals surface area contributed by atoms with Crippen molar-refractivity contribution < 1.29 is 14.7 Å². The standard InChI is InChI=1S/C7H15NO3/c1-7(2,3)5(6(9)10)8-11-4/h5,8H,1-4H3,(H,9,10). The monoisotopic (exact) mass is 161 g/mol. The molecule has 1 atom stereocenters. The van der Waals surface area contributed by atoms with Gasteiger partial charge in [0.05, 0.1) is 7.11 Å². The highest BCUT2D eigenvalue weighted by atomic mass is 16.6. The molecule has 0 aromatic heterocycles. The lowest BCUT2D eigenvalue weighted by Gasteiger charge is -2.26. The molecule has 0 spiro atoms. The summed E-state index contributed by atoms with van der Waals surface area (Å²) < 4.78 is 0. The molecule has 66 valence electrons. The fourth-order valence-electron chi connectivity index (χ4n) is 0.715. The van der Waals surface area contributed by atoms with Crippen LogP contribution in [-0.2, 0) is 9.63 Å². The molecule has 0 heterocycles. The number of aliphatic carboxylic acids is 1. The first kappa shape index (κ1) is 10.4. The van der Waals surface area contributed by atoms with Crippen LogP contribution >= 0.6 is 0 Å². The topological polar surface area (TPSA) is 58.6 Å². The van der Waals surface area contributed by atoms with Crippen LogP contribution in [0.25, 0.3) is 0 Å². The molecule has 0 aliphatic carbocycles. The molecule has 4 nitrogen and oxygen atoms in total. The molecule has 0 aliphatic heterocycles. The number of nitrogens with one attached hydrogen (secondary N) is 1. The fraction of sp³-hybridized carbons (Fsp3) is 0.857. The van der Waals surface area contributed by atoms with Crippen LogP contribution < -0.4 is 5.48 Å². The van der Waals surface area contributed by atoms with Gasteiger partial charge in [-0.2, -0.15) is 5.48 Å². The molecule has 2 N–H and O–H groups in total. The number of carboxylic acid groups (broad SMARTS) is 1. The summed E-state index contributed by atoms with van der Waals surface area (Å²) in [6, 6.07) is -0.674. The third kappa shape index (κ3) is 3.34. The maximum Gasteiger partial charge on any atom is 0.323 e. The summed E-state index contributed by atoms with van der Waals surface area (Å²) in [5.41, 5.74) is 2.08. The van der Waals surface area contributed by atoms with Crippen molar-refractivity contribution in [2.75, 3.05) is 7.11 Å². The van der Waals surface area contributed by atoms with E-state index >= 15 is 0 Å². The Labute approximate surface area is 66.5 Å². The molecule has 0 aliphatic rings. The predicted octanol–water partition coefficient (Wildman–Crippen LogP) is 0.637. The molecule has 0 amide bonds. The van der Waals surface area contributed by atoms with Crippen molar-refractivity contribution >= 4 is 5.97 Å². The zero-order chi connectivity index (χ0) is 9.07. The molecule has 0 fully saturated rings. The molecular weight excluding hydrogens is 146 g/mol. The molecule has 0 saturated heterocycles. The number of rotatable bonds is 3. The molecule has 0 saturated carbocycles. The van der Waals surface area contributed by atoms with Crippen LogP contribution in [0.1, 0.15) is 20.8 Å². The quantitative estimate of drug-likeness (QED) is 0.596. The van der Waals surface area contributed by atoms with Crippen molar-refractivity contribution in [1.82, 2.24) is 5.48 Å². The third-order valence-electron chi connectivity index (χ3n) is 1.35. The first-order chi connectivity index (χ1) is 4.89. The van der Waals surface area contributed by atoms with Crippen molar-refractivity contribution in [3.8, 4) is 0 Å². The Morgan fingerprint density at radius 3 is 2.09 bits per heavy atom. The molecule has 4 heteroatoms. The van der Waals surface area contributed by atoms with Gasteiger partial charge < -0.3 is 9.94 Å². The average molecular weight is 161 g/mol. The zero-order valence-corrected chi connectivity index (χ0v) is 7.34. The van der Waals surface area contributed by atoms with Gasteiger partial charge in [0.2, 0.25) is 0 Å². The van der Waals surface area contributed by atoms with Crippen LogP contribution in [-0.4, -0.2) is 24.2 Å². The summed E-state index contributed by atoms with van der Waals surface area (Å²) in [7, 11) is 1.40. The van der Waals surface area contributed by atoms with E-state index < -0.39 is 12.0 Å². The van der Waals surface area contributed by atoms with Gasteiger partial charge in [-0.1, -0.05) is 20.8 Å². The van der Waals surface area contributed by atoms with Gasteiger partial charge in [0.25, 0.3) is 0 Å². The van der Waals surface area contributed by atoms with Crippen LogP contribution in [0.4, 0.5) is 0 Å². The summed E-state index contributed by atoms with van der Waals surface area (Å²) in [5.74, 6) is -0.903. The Balaban J connectivity index is 4.22. The van der Waals surface area contributed by atoms with Gasteiger partial charge >= 0.3 is 5.97 Å². The van der Waals surface area contributed by atoms with E-state index in [0.717, 1.165) is 0 Å². The maximum absolute atomic E-state index is 10.6. The number of hydroxylamine groups is 1. The van der Waals surface area contributed by atoms with Crippen molar-refractivity contribution in [2.45, 2.75) is 26.8 Å². The van der Waals surface area contributed by atoms with Gasteiger partial charge in [-0.25, -0.2) is 0 Å². The second-order valence-electron chi connectivity index (χ2n) is 3.46. The molecule has 11 heavy (non-hydrogen) atoms. The second-order valence-corrected chi connectivity index (χ2v) is 3.46. The number of carboxylic acids is 1. The van der Waals surface area contributed by atoms with Gasteiger partial charge in [-0.15, -0.1) is 0 Å². The Bertz CT molecular complexity index is 139. The molecule has 0 radical (unpaired) electrons. The van der Waals surface area contributed by atoms with Gasteiger partial charge in [0.15, 0.2) is 0 Å². The highest BCUT2D eigenvalue weighted by Crippen LogP contribution is 2.18. The van der Waals surface area contributed by atoms with Gasteiger partial charge in [0, 0.05) is 0 Å². The van der Waals surface area contributed by atoms with Gasteiger partial charge in [0.1, 0.15) is 6.04 Å². The first-order valence-corrected chi connectivity index (χ1v) is 3.41. The van der Waals surface area contributed by atoms with Gasteiger partial charge in [-0.05, 0) is 5.41 Å². The Morgan fingerprint density at radius 1 is 1.55 bits per heavy atom. The smallest absolute Gasteiger partial charge is 0.323 e. The fourth-order valence-corrected chi connectivity index (χ4v) is 0.715. The molecule has 0 aromatic rings. The molecule has 0 rings (SSSR count). The minimum absolute atomic E-state index is 0.345. The van der Waals surface area contributed by atoms with Gasteiger partial charge in [-0.3, -0.25) is 4.79 Å². The Hall–Kier alpha value is -0.610. The van der Waals surface area contributed by atoms with E-state index in [9.17, 15) is 4.79 Å². The van der Waals surface area contributed by atoms with Crippen molar-refractivity contribution in [3.63, 3.8) is 0 Å². The SMILES string of the molecule is CONC(C(=O)O)C(C)(C)C. The van der Waals surface area contributed by atoms with Crippen molar-refractivity contribution in [1.29, 1.82) is 0 Å². The summed E-state index contributed by atoms with van der Waals surface area (Å²) in [6.45, 7) is 5.49. The van der Waals surface area contributed by atoms with Crippen molar-refractivity contribution in [3.05, 3.63) is 0 Å². The Morgan fingerprint density at radius 2 is 2.00 bits per heavy atom. The lowest BCUT2D eigenvalue weighted by Crippen LogP contribution is -2.45. The zero-order valence-electron chi connectivity index (χ0n) is 7.34. The lowest BCUT2D eigenvalue weighted by atomic mass is 9.87. The van der Waals surface area contributed by atoms with E-state index in [2.05, 4.69) is 10.3 Å². The van der Waals surface area contributed by atoms with Crippen LogP contribution in [0.5, 0.6) is 0 Å². The lowest BCUT2D eigenvalue weighted by molar-refractivity contribution is -0.147. The number of carbonyl (C=O) groups is 1. The normalized spacial score (nSPS) is 14.5. The predicted molar refractivity (Wildman–Crippen MR) is 41.0 cm³/mol. The van der Waals surface area contributed by atoms with Crippen molar-refractivity contribution in [2.24, 2.45) is 5.41 Å². The number of hydrogen-bond donors (Lipinski definition) is 2. The summed E-state index contributed by atoms with van der Waals surface area (Å²) in [4.78, 5) is 15.2. The largest absolute Gasteiger partial charge is 0.480 e. The summed E-state index contributed by atoms with van der Waals surface area (Å²) in [5, 5.41) is 8.70. The highest BCUT2D eigenvalue weighted by Gasteiger charge is 2.30. The van der Waals surface area contributed by atoms with Crippen LogP contribution in [0, 0.1) is 5.41 Å². The summed E-state index contributed by atoms with van der Waals surface area (Å²) in [6.07, 6.45) is 0. The minimum Gasteiger partial charge on any atom is -0.480 e. The van der Waals surface area contributed by atoms with Crippen LogP contribution in [0.2, 0.25) is 0 Å². The Kier molecular flexibility index (Phi) is 3.48. The van der Waals surface area contributed by atoms with E-state index in [1.807, 2.05) is 20.8 Å². The van der Waals surface area contributed by atoms with E-state index in [4.69, 9.17) is 5.11 Å². The minimum atomic E-state index is -0.903. The average Bonchev–Trinajstić information content (AvgIpc) is 1.79. The van der Waals surface area contributed by atoms with E-state index in [1.54, 1.807) is 0 Å².